The SMILES string of the molecule is NC(=O)c1cnc(Nc2ccc(C3CCN([N-][NH+]4CCOCC4)CC3)cc2)cc1NCc1ccccc1. The number of amides is 1. The highest BCUT2D eigenvalue weighted by Gasteiger charge is 2.19. The molecule has 2 aliphatic rings. The lowest BCUT2D eigenvalue weighted by Crippen LogP contribution is -3.11. The molecule has 9 heteroatoms. The second-order valence-corrected chi connectivity index (χ2v) is 9.57. The van der Waals surface area contributed by atoms with Gasteiger partial charge in [0.25, 0.3) is 5.91 Å². The number of rotatable bonds is 9. The summed E-state index contributed by atoms with van der Waals surface area (Å²) in [6.45, 7) is 6.07. The van der Waals surface area contributed by atoms with E-state index in [0.717, 1.165) is 63.5 Å². The number of pyridine rings is 1. The van der Waals surface area contributed by atoms with Crippen LogP contribution in [0.5, 0.6) is 0 Å². The Bertz CT molecular complexity index is 1160. The summed E-state index contributed by atoms with van der Waals surface area (Å²) < 4.78 is 5.43. The zero-order valence-corrected chi connectivity index (χ0v) is 21.0. The minimum Gasteiger partial charge on any atom is -0.388 e. The van der Waals surface area contributed by atoms with Gasteiger partial charge in [0.2, 0.25) is 0 Å². The Morgan fingerprint density at radius 2 is 1.81 bits per heavy atom. The number of carbonyl (C=O) groups is 1. The van der Waals surface area contributed by atoms with Crippen molar-refractivity contribution in [2.45, 2.75) is 25.3 Å². The van der Waals surface area contributed by atoms with Crippen LogP contribution in [-0.4, -0.2) is 55.3 Å². The lowest BCUT2D eigenvalue weighted by Gasteiger charge is -2.45. The molecular weight excluding hydrogens is 466 g/mol. The molecule has 5 rings (SSSR count). The summed E-state index contributed by atoms with van der Waals surface area (Å²) in [4.78, 5) is 16.3. The van der Waals surface area contributed by atoms with Gasteiger partial charge in [0.15, 0.2) is 0 Å². The van der Waals surface area contributed by atoms with Crippen LogP contribution in [0.3, 0.4) is 0 Å². The van der Waals surface area contributed by atoms with E-state index in [4.69, 9.17) is 16.0 Å². The summed E-state index contributed by atoms with van der Waals surface area (Å²) in [5.41, 5.74) is 14.9. The molecule has 0 spiro atoms. The fraction of sp³-hybridized carbons (Fsp3) is 0.357. The van der Waals surface area contributed by atoms with Gasteiger partial charge < -0.3 is 36.7 Å². The number of aromatic nitrogens is 1. The summed E-state index contributed by atoms with van der Waals surface area (Å²) in [5.74, 6) is 0.681. The molecule has 0 atom stereocenters. The highest BCUT2D eigenvalue weighted by Crippen LogP contribution is 2.30. The van der Waals surface area contributed by atoms with Gasteiger partial charge in [-0.2, -0.15) is 0 Å². The Kier molecular flexibility index (Phi) is 8.27. The molecule has 0 bridgehead atoms. The van der Waals surface area contributed by atoms with Gasteiger partial charge in [0.05, 0.1) is 37.6 Å². The van der Waals surface area contributed by atoms with E-state index in [9.17, 15) is 4.79 Å². The predicted molar refractivity (Wildman–Crippen MR) is 145 cm³/mol. The third-order valence-corrected chi connectivity index (χ3v) is 6.97. The largest absolute Gasteiger partial charge is 0.388 e. The Balaban J connectivity index is 1.17. The predicted octanol–water partition coefficient (Wildman–Crippen LogP) is 2.83. The zero-order valence-electron chi connectivity index (χ0n) is 21.0. The molecule has 0 aliphatic carbocycles. The van der Waals surface area contributed by atoms with Gasteiger partial charge in [-0.05, 0) is 55.1 Å². The Hall–Kier alpha value is -3.50. The van der Waals surface area contributed by atoms with Crippen molar-refractivity contribution in [3.05, 3.63) is 89.1 Å². The smallest absolute Gasteiger partial charge is 0.252 e. The molecule has 2 aliphatic heterocycles. The molecular formula is C28H35N7O2. The number of hydrogen-bond acceptors (Lipinski definition) is 6. The number of quaternary nitrogens is 1. The molecule has 37 heavy (non-hydrogen) atoms. The van der Waals surface area contributed by atoms with Crippen molar-refractivity contribution in [1.29, 1.82) is 0 Å². The Morgan fingerprint density at radius 3 is 2.51 bits per heavy atom. The van der Waals surface area contributed by atoms with Crippen LogP contribution in [-0.2, 0) is 11.3 Å². The number of nitrogens with two attached hydrogens (primary N) is 1. The maximum atomic E-state index is 11.9. The van der Waals surface area contributed by atoms with E-state index in [0.29, 0.717) is 29.5 Å². The minimum atomic E-state index is -0.510. The molecule has 3 aromatic rings. The molecule has 5 N–H and O–H groups in total. The number of morpholine rings is 1. The first kappa shape index (κ1) is 25.2. The normalized spacial score (nSPS) is 17.4. The lowest BCUT2D eigenvalue weighted by atomic mass is 9.90. The van der Waals surface area contributed by atoms with Gasteiger partial charge in [-0.15, -0.1) is 0 Å². The van der Waals surface area contributed by atoms with E-state index in [1.807, 2.05) is 36.4 Å². The summed E-state index contributed by atoms with van der Waals surface area (Å²) in [6.07, 6.45) is 3.73. The number of nitrogens with zero attached hydrogens (tertiary/aromatic N) is 3. The van der Waals surface area contributed by atoms with Crippen LogP contribution in [0, 0.1) is 0 Å². The van der Waals surface area contributed by atoms with Gasteiger partial charge in [-0.25, -0.2) is 4.98 Å². The highest BCUT2D eigenvalue weighted by atomic mass is 16.5. The number of hydrogen-bond donors (Lipinski definition) is 4. The number of anilines is 3. The Labute approximate surface area is 217 Å². The third kappa shape index (κ3) is 6.84. The summed E-state index contributed by atoms with van der Waals surface area (Å²) in [5, 5.41) is 10.2. The maximum absolute atomic E-state index is 11.9. The van der Waals surface area contributed by atoms with Gasteiger partial charge >= 0.3 is 0 Å². The zero-order chi connectivity index (χ0) is 25.5. The van der Waals surface area contributed by atoms with Crippen molar-refractivity contribution in [2.75, 3.05) is 50.0 Å². The van der Waals surface area contributed by atoms with Crippen molar-refractivity contribution < 1.29 is 14.5 Å². The van der Waals surface area contributed by atoms with Crippen molar-refractivity contribution in [2.24, 2.45) is 5.73 Å². The lowest BCUT2D eigenvalue weighted by molar-refractivity contribution is -0.880. The second kappa shape index (κ2) is 12.2. The van der Waals surface area contributed by atoms with Crippen LogP contribution < -0.4 is 21.4 Å². The van der Waals surface area contributed by atoms with Gasteiger partial charge in [0.1, 0.15) is 5.82 Å². The first-order valence-corrected chi connectivity index (χ1v) is 13.0. The number of benzene rings is 2. The molecule has 3 heterocycles. The summed E-state index contributed by atoms with van der Waals surface area (Å²) in [7, 11) is 0. The van der Waals surface area contributed by atoms with E-state index in [2.05, 4.69) is 44.9 Å². The number of nitrogens with one attached hydrogen (secondary N) is 3. The summed E-state index contributed by atoms with van der Waals surface area (Å²) >= 11 is 0. The van der Waals surface area contributed by atoms with Crippen molar-refractivity contribution in [3.8, 4) is 0 Å². The van der Waals surface area contributed by atoms with Gasteiger partial charge in [-0.1, -0.05) is 42.5 Å². The molecule has 2 fully saturated rings. The Morgan fingerprint density at radius 1 is 1.08 bits per heavy atom. The van der Waals surface area contributed by atoms with Crippen LogP contribution in [0.2, 0.25) is 0 Å². The van der Waals surface area contributed by atoms with E-state index in [1.54, 1.807) is 0 Å². The fourth-order valence-electron chi connectivity index (χ4n) is 4.85. The number of primary amides is 1. The van der Waals surface area contributed by atoms with Crippen LogP contribution >= 0.6 is 0 Å². The first-order valence-electron chi connectivity index (χ1n) is 13.0. The molecule has 0 radical (unpaired) electrons. The average Bonchev–Trinajstić information content (AvgIpc) is 2.94. The molecule has 194 valence electrons. The van der Waals surface area contributed by atoms with Crippen molar-refractivity contribution >= 4 is 23.1 Å². The molecule has 1 aromatic heterocycles. The van der Waals surface area contributed by atoms with Crippen LogP contribution in [0.15, 0.2) is 66.9 Å². The van der Waals surface area contributed by atoms with E-state index >= 15 is 0 Å². The standard InChI is InChI=1S/C28H35N7O2/c29-28(36)25-20-31-27(18-26(25)30-19-21-4-2-1-3-5-21)32-24-8-6-22(7-9-24)23-10-12-34(13-11-23)33-35-14-16-37-17-15-35/h1-9,18,20,23,35H,10-17,19H2,(H2,29,36)(H2,30,31,32). The molecule has 0 saturated carbocycles. The molecule has 2 saturated heterocycles. The highest BCUT2D eigenvalue weighted by molar-refractivity contribution is 5.98. The van der Waals surface area contributed by atoms with Crippen molar-refractivity contribution in [1.82, 2.24) is 9.99 Å². The van der Waals surface area contributed by atoms with Crippen molar-refractivity contribution in [3.63, 3.8) is 0 Å². The topological polar surface area (TPSA) is 111 Å². The molecule has 9 nitrogen and oxygen atoms in total. The quantitative estimate of drug-likeness (QED) is 0.359. The van der Waals surface area contributed by atoms with E-state index in [1.165, 1.54) is 16.8 Å². The fourth-order valence-corrected chi connectivity index (χ4v) is 4.85. The van der Waals surface area contributed by atoms with E-state index in [-0.39, 0.29) is 0 Å². The van der Waals surface area contributed by atoms with Crippen LogP contribution in [0.1, 0.15) is 40.2 Å². The molecule has 1 amide bonds. The number of ether oxygens (including phenoxy) is 1. The van der Waals surface area contributed by atoms with Gasteiger partial charge in [0, 0.05) is 24.5 Å². The van der Waals surface area contributed by atoms with Gasteiger partial charge in [-0.3, -0.25) is 4.79 Å². The van der Waals surface area contributed by atoms with E-state index < -0.39 is 5.91 Å². The van der Waals surface area contributed by atoms with Crippen LogP contribution in [0.25, 0.3) is 5.53 Å². The molecule has 2 aromatic carbocycles. The number of piperidine rings is 1. The van der Waals surface area contributed by atoms with Crippen LogP contribution in [0.4, 0.5) is 17.2 Å². The number of carbonyl (C=O) groups excluding carboxylic acids is 1. The maximum Gasteiger partial charge on any atom is 0.252 e. The second-order valence-electron chi connectivity index (χ2n) is 9.57. The third-order valence-electron chi connectivity index (χ3n) is 6.97. The monoisotopic (exact) mass is 501 g/mol. The molecule has 0 unspecified atom stereocenters. The first-order chi connectivity index (χ1) is 18.1. The minimum absolute atomic E-state index is 0.366. The summed E-state index contributed by atoms with van der Waals surface area (Å²) in [6, 6.07) is 20.4. The average molecular weight is 502 g/mol.